The molecule has 106 valence electrons. The Hall–Kier alpha value is -0.190. The van der Waals surface area contributed by atoms with Crippen molar-refractivity contribution >= 4 is 23.5 Å². The molecule has 1 aliphatic rings. The van der Waals surface area contributed by atoms with E-state index in [0.29, 0.717) is 16.5 Å². The number of hydrogen-bond acceptors (Lipinski definition) is 3. The van der Waals surface area contributed by atoms with Crippen molar-refractivity contribution in [1.29, 1.82) is 0 Å². The van der Waals surface area contributed by atoms with Gasteiger partial charge in [0.2, 0.25) is 0 Å². The lowest BCUT2D eigenvalue weighted by Crippen LogP contribution is -2.45. The van der Waals surface area contributed by atoms with Crippen LogP contribution in [0.4, 0.5) is 4.39 Å². The van der Waals surface area contributed by atoms with Crippen molar-refractivity contribution in [2.24, 2.45) is 0 Å². The highest BCUT2D eigenvalue weighted by atomic mass is 32.2. The Morgan fingerprint density at radius 3 is 2.74 bits per heavy atom. The average molecular weight is 299 g/mol. The van der Waals surface area contributed by atoms with Crippen molar-refractivity contribution in [3.8, 4) is 0 Å². The number of likely N-dealkylation sites (N-methyl/N-ethyl adjacent to an activating group) is 1. The lowest BCUT2D eigenvalue weighted by Gasteiger charge is -2.36. The zero-order valence-corrected chi connectivity index (χ0v) is 13.2. The molecule has 1 saturated heterocycles. The maximum atomic E-state index is 13.8. The Kier molecular flexibility index (Phi) is 6.05. The van der Waals surface area contributed by atoms with Crippen LogP contribution in [0.2, 0.25) is 0 Å². The summed E-state index contributed by atoms with van der Waals surface area (Å²) < 4.78 is 13.8. The number of hydrogen-bond donors (Lipinski definition) is 1. The predicted octanol–water partition coefficient (Wildman–Crippen LogP) is 3.58. The van der Waals surface area contributed by atoms with Gasteiger partial charge < -0.3 is 5.32 Å². The van der Waals surface area contributed by atoms with Gasteiger partial charge in [0.25, 0.3) is 0 Å². The first kappa shape index (κ1) is 15.2. The fourth-order valence-corrected chi connectivity index (χ4v) is 5.90. The summed E-state index contributed by atoms with van der Waals surface area (Å²) in [5.74, 6) is 2.38. The summed E-state index contributed by atoms with van der Waals surface area (Å²) in [5, 5.41) is 4.67. The Labute approximate surface area is 124 Å². The topological polar surface area (TPSA) is 12.0 Å². The Morgan fingerprint density at radius 1 is 1.32 bits per heavy atom. The van der Waals surface area contributed by atoms with E-state index in [1.54, 1.807) is 12.1 Å². The summed E-state index contributed by atoms with van der Waals surface area (Å²) >= 11 is 4.12. The molecule has 0 aromatic heterocycles. The molecule has 0 amide bonds. The lowest BCUT2D eigenvalue weighted by atomic mass is 10.00. The summed E-state index contributed by atoms with van der Waals surface area (Å²) in [5.41, 5.74) is 0.827. The molecule has 1 aromatic carbocycles. The molecule has 0 radical (unpaired) electrons. The number of benzene rings is 1. The molecule has 1 aliphatic heterocycles. The third-order valence-corrected chi connectivity index (χ3v) is 7.07. The average Bonchev–Trinajstić information content (AvgIpc) is 2.46. The van der Waals surface area contributed by atoms with Crippen LogP contribution in [0, 0.1) is 5.82 Å². The van der Waals surface area contributed by atoms with Gasteiger partial charge >= 0.3 is 0 Å². The molecule has 3 atom stereocenters. The summed E-state index contributed by atoms with van der Waals surface area (Å²) in [6.07, 6.45) is 1.97. The number of halogens is 1. The van der Waals surface area contributed by atoms with Crippen LogP contribution in [-0.2, 0) is 6.42 Å². The number of nitrogens with one attached hydrogen (secondary N) is 1. The van der Waals surface area contributed by atoms with Gasteiger partial charge in [0.15, 0.2) is 0 Å². The lowest BCUT2D eigenvalue weighted by molar-refractivity contribution is 0.503. The zero-order chi connectivity index (χ0) is 13.7. The number of thioether (sulfide) groups is 2. The van der Waals surface area contributed by atoms with E-state index in [9.17, 15) is 4.39 Å². The summed E-state index contributed by atoms with van der Waals surface area (Å²) in [6, 6.07) is 7.49. The first-order valence-corrected chi connectivity index (χ1v) is 9.00. The second kappa shape index (κ2) is 7.55. The van der Waals surface area contributed by atoms with Crippen LogP contribution in [-0.4, -0.2) is 35.1 Å². The van der Waals surface area contributed by atoms with E-state index < -0.39 is 0 Å². The molecule has 2 rings (SSSR count). The van der Waals surface area contributed by atoms with Crippen LogP contribution in [0.3, 0.4) is 0 Å². The monoisotopic (exact) mass is 299 g/mol. The van der Waals surface area contributed by atoms with Gasteiger partial charge in [-0.2, -0.15) is 23.5 Å². The van der Waals surface area contributed by atoms with Crippen LogP contribution in [0.15, 0.2) is 24.3 Å². The molecule has 19 heavy (non-hydrogen) atoms. The highest BCUT2D eigenvalue weighted by molar-refractivity contribution is 8.07. The highest BCUT2D eigenvalue weighted by Crippen LogP contribution is 2.36. The smallest absolute Gasteiger partial charge is 0.126 e. The predicted molar refractivity (Wildman–Crippen MR) is 85.7 cm³/mol. The van der Waals surface area contributed by atoms with Crippen molar-refractivity contribution in [3.05, 3.63) is 35.6 Å². The second-order valence-corrected chi connectivity index (χ2v) is 7.48. The molecule has 1 fully saturated rings. The fourth-order valence-electron chi connectivity index (χ4n) is 2.59. The molecule has 4 heteroatoms. The molecule has 1 heterocycles. The fraction of sp³-hybridized carbons (Fsp3) is 0.600. The van der Waals surface area contributed by atoms with Gasteiger partial charge in [-0.15, -0.1) is 0 Å². The van der Waals surface area contributed by atoms with E-state index in [2.05, 4.69) is 24.0 Å². The largest absolute Gasteiger partial charge is 0.316 e. The molecule has 0 aliphatic carbocycles. The number of rotatable bonds is 5. The third-order valence-electron chi connectivity index (χ3n) is 3.66. The first-order valence-electron chi connectivity index (χ1n) is 6.90. The molecular weight excluding hydrogens is 277 g/mol. The van der Waals surface area contributed by atoms with Crippen LogP contribution in [0.1, 0.15) is 18.9 Å². The molecule has 1 aromatic rings. The van der Waals surface area contributed by atoms with Gasteiger partial charge in [-0.3, -0.25) is 0 Å². The van der Waals surface area contributed by atoms with Gasteiger partial charge in [0, 0.05) is 28.0 Å². The van der Waals surface area contributed by atoms with E-state index in [-0.39, 0.29) is 5.82 Å². The minimum absolute atomic E-state index is 0.0794. The Morgan fingerprint density at radius 2 is 2.05 bits per heavy atom. The molecule has 1 nitrogen and oxygen atoms in total. The van der Waals surface area contributed by atoms with Crippen LogP contribution >= 0.6 is 23.5 Å². The molecule has 3 unspecified atom stereocenters. The molecule has 0 saturated carbocycles. The SMILES string of the molecule is CCC1SCCSC1C(Cc1ccccc1F)NC. The van der Waals surface area contributed by atoms with Crippen LogP contribution in [0.25, 0.3) is 0 Å². The van der Waals surface area contributed by atoms with Crippen LogP contribution < -0.4 is 5.32 Å². The van der Waals surface area contributed by atoms with Gasteiger partial charge in [-0.25, -0.2) is 4.39 Å². The first-order chi connectivity index (χ1) is 9.26. The van der Waals surface area contributed by atoms with Gasteiger partial charge in [-0.05, 0) is 31.5 Å². The molecule has 0 spiro atoms. The third kappa shape index (κ3) is 3.89. The minimum atomic E-state index is -0.0794. The minimum Gasteiger partial charge on any atom is -0.316 e. The molecule has 1 N–H and O–H groups in total. The van der Waals surface area contributed by atoms with Gasteiger partial charge in [-0.1, -0.05) is 25.1 Å². The molecular formula is C15H22FNS2. The van der Waals surface area contributed by atoms with E-state index in [0.717, 1.165) is 12.0 Å². The van der Waals surface area contributed by atoms with Crippen molar-refractivity contribution in [1.82, 2.24) is 5.32 Å². The van der Waals surface area contributed by atoms with Crippen molar-refractivity contribution in [2.45, 2.75) is 36.3 Å². The maximum absolute atomic E-state index is 13.8. The summed E-state index contributed by atoms with van der Waals surface area (Å²) in [4.78, 5) is 0. The van der Waals surface area contributed by atoms with Crippen molar-refractivity contribution in [2.75, 3.05) is 18.6 Å². The quantitative estimate of drug-likeness (QED) is 0.892. The van der Waals surface area contributed by atoms with E-state index in [1.807, 2.05) is 30.9 Å². The normalized spacial score (nSPS) is 25.2. The van der Waals surface area contributed by atoms with Gasteiger partial charge in [0.05, 0.1) is 0 Å². The van der Waals surface area contributed by atoms with Crippen molar-refractivity contribution in [3.63, 3.8) is 0 Å². The van der Waals surface area contributed by atoms with Crippen molar-refractivity contribution < 1.29 is 4.39 Å². The Bertz CT molecular complexity index is 399. The van der Waals surface area contributed by atoms with E-state index in [4.69, 9.17) is 0 Å². The van der Waals surface area contributed by atoms with E-state index in [1.165, 1.54) is 17.9 Å². The van der Waals surface area contributed by atoms with Crippen LogP contribution in [0.5, 0.6) is 0 Å². The van der Waals surface area contributed by atoms with E-state index >= 15 is 0 Å². The standard InChI is InChI=1S/C15H22FNS2/c1-3-14-15(19-9-8-18-14)13(17-2)10-11-6-4-5-7-12(11)16/h4-7,13-15,17H,3,8-10H2,1-2H3. The highest BCUT2D eigenvalue weighted by Gasteiger charge is 2.31. The zero-order valence-electron chi connectivity index (χ0n) is 11.6. The summed E-state index contributed by atoms with van der Waals surface area (Å²) in [6.45, 7) is 2.26. The Balaban J connectivity index is 2.08. The van der Waals surface area contributed by atoms with Gasteiger partial charge in [0.1, 0.15) is 5.82 Å². The maximum Gasteiger partial charge on any atom is 0.126 e. The molecule has 0 bridgehead atoms. The second-order valence-electron chi connectivity index (χ2n) is 4.84. The summed E-state index contributed by atoms with van der Waals surface area (Å²) in [7, 11) is 2.00.